The van der Waals surface area contributed by atoms with Crippen molar-refractivity contribution in [3.8, 4) is 0 Å². The Balaban J connectivity index is 1.84. The van der Waals surface area contributed by atoms with Crippen LogP contribution in [-0.4, -0.2) is 62.0 Å². The van der Waals surface area contributed by atoms with Gasteiger partial charge >= 0.3 is 0 Å². The molecule has 4 heteroatoms. The van der Waals surface area contributed by atoms with E-state index in [-0.39, 0.29) is 5.91 Å². The number of hydrogen-bond acceptors (Lipinski definition) is 3. The maximum absolute atomic E-state index is 12.2. The van der Waals surface area contributed by atoms with Crippen LogP contribution in [0.3, 0.4) is 0 Å². The molecule has 1 unspecified atom stereocenters. The van der Waals surface area contributed by atoms with E-state index in [0.29, 0.717) is 12.6 Å². The largest absolute Gasteiger partial charge is 0.340 e. The van der Waals surface area contributed by atoms with E-state index >= 15 is 0 Å². The first-order valence-corrected chi connectivity index (χ1v) is 6.81. The zero-order valence-corrected chi connectivity index (χ0v) is 11.1. The summed E-state index contributed by atoms with van der Waals surface area (Å²) in [4.78, 5) is 16.2. The Morgan fingerprint density at radius 1 is 1.24 bits per heavy atom. The molecule has 1 saturated heterocycles. The van der Waals surface area contributed by atoms with Crippen LogP contribution in [0, 0.1) is 5.92 Å². The highest BCUT2D eigenvalue weighted by atomic mass is 16.2. The predicted octanol–water partition coefficient (Wildman–Crippen LogP) is 0.539. The fraction of sp³-hybridized carbons (Fsp3) is 0.923. The van der Waals surface area contributed by atoms with E-state index in [1.165, 1.54) is 25.7 Å². The molecule has 0 radical (unpaired) electrons. The number of likely N-dealkylation sites (N-methyl/N-ethyl adjacent to an activating group) is 1. The maximum Gasteiger partial charge on any atom is 0.236 e. The molecular formula is C13H25N3O. The normalized spacial score (nSPS) is 24.3. The maximum atomic E-state index is 12.2. The molecule has 1 heterocycles. The van der Waals surface area contributed by atoms with Gasteiger partial charge in [-0.05, 0) is 52.2 Å². The van der Waals surface area contributed by atoms with Gasteiger partial charge in [-0.25, -0.2) is 0 Å². The third-order valence-electron chi connectivity index (χ3n) is 3.58. The van der Waals surface area contributed by atoms with E-state index < -0.39 is 0 Å². The number of hydrogen-bond donors (Lipinski definition) is 1. The minimum atomic E-state index is 0.288. The average Bonchev–Trinajstić information content (AvgIpc) is 2.91. The third kappa shape index (κ3) is 4.28. The van der Waals surface area contributed by atoms with Gasteiger partial charge in [-0.1, -0.05) is 0 Å². The molecule has 1 atom stereocenters. The fourth-order valence-electron chi connectivity index (χ4n) is 2.44. The lowest BCUT2D eigenvalue weighted by Crippen LogP contribution is -2.45. The highest BCUT2D eigenvalue weighted by Crippen LogP contribution is 2.30. The lowest BCUT2D eigenvalue weighted by molar-refractivity contribution is -0.132. The summed E-state index contributed by atoms with van der Waals surface area (Å²) >= 11 is 0. The minimum absolute atomic E-state index is 0.288. The zero-order valence-electron chi connectivity index (χ0n) is 11.1. The summed E-state index contributed by atoms with van der Waals surface area (Å²) in [5, 5.41) is 3.48. The third-order valence-corrected chi connectivity index (χ3v) is 3.58. The summed E-state index contributed by atoms with van der Waals surface area (Å²) in [5.74, 6) is 1.07. The van der Waals surface area contributed by atoms with Gasteiger partial charge in [-0.2, -0.15) is 0 Å². The van der Waals surface area contributed by atoms with Gasteiger partial charge in [0.25, 0.3) is 0 Å². The Bertz CT molecular complexity index is 257. The van der Waals surface area contributed by atoms with E-state index in [1.54, 1.807) is 0 Å². The smallest absolute Gasteiger partial charge is 0.236 e. The molecule has 0 aromatic rings. The van der Waals surface area contributed by atoms with Crippen LogP contribution in [-0.2, 0) is 4.79 Å². The van der Waals surface area contributed by atoms with Gasteiger partial charge in [-0.3, -0.25) is 4.79 Å². The van der Waals surface area contributed by atoms with E-state index in [0.717, 1.165) is 25.6 Å². The Labute approximate surface area is 104 Å². The van der Waals surface area contributed by atoms with Gasteiger partial charge in [0.2, 0.25) is 5.91 Å². The number of carbonyl (C=O) groups excluding carboxylic acids is 1. The second-order valence-corrected chi connectivity index (χ2v) is 5.77. The van der Waals surface area contributed by atoms with E-state index in [9.17, 15) is 4.79 Å². The molecule has 1 saturated carbocycles. The Morgan fingerprint density at radius 2 is 2.00 bits per heavy atom. The van der Waals surface area contributed by atoms with Gasteiger partial charge in [0.05, 0.1) is 6.54 Å². The van der Waals surface area contributed by atoms with Crippen LogP contribution in [0.1, 0.15) is 25.7 Å². The molecule has 2 fully saturated rings. The van der Waals surface area contributed by atoms with Crippen molar-refractivity contribution in [1.82, 2.24) is 15.1 Å². The highest BCUT2D eigenvalue weighted by molar-refractivity contribution is 5.78. The van der Waals surface area contributed by atoms with Crippen LogP contribution < -0.4 is 5.32 Å². The highest BCUT2D eigenvalue weighted by Gasteiger charge is 2.28. The molecule has 4 nitrogen and oxygen atoms in total. The molecular weight excluding hydrogens is 214 g/mol. The first-order valence-electron chi connectivity index (χ1n) is 6.81. The molecule has 17 heavy (non-hydrogen) atoms. The molecule has 0 bridgehead atoms. The van der Waals surface area contributed by atoms with Gasteiger partial charge in [0, 0.05) is 19.1 Å². The quantitative estimate of drug-likeness (QED) is 0.735. The minimum Gasteiger partial charge on any atom is -0.340 e. The summed E-state index contributed by atoms with van der Waals surface area (Å²) in [6.45, 7) is 3.54. The Morgan fingerprint density at radius 3 is 2.53 bits per heavy atom. The van der Waals surface area contributed by atoms with Crippen molar-refractivity contribution in [2.24, 2.45) is 5.92 Å². The predicted molar refractivity (Wildman–Crippen MR) is 68.9 cm³/mol. The van der Waals surface area contributed by atoms with Gasteiger partial charge < -0.3 is 15.1 Å². The summed E-state index contributed by atoms with van der Waals surface area (Å²) in [7, 11) is 3.92. The first kappa shape index (κ1) is 12.8. The van der Waals surface area contributed by atoms with E-state index in [2.05, 4.69) is 10.2 Å². The average molecular weight is 239 g/mol. The molecule has 1 N–H and O–H groups in total. The van der Waals surface area contributed by atoms with Gasteiger partial charge in [0.1, 0.15) is 0 Å². The number of nitrogens with one attached hydrogen (secondary N) is 1. The van der Waals surface area contributed by atoms with Crippen LogP contribution in [0.2, 0.25) is 0 Å². The summed E-state index contributed by atoms with van der Waals surface area (Å²) < 4.78 is 0. The summed E-state index contributed by atoms with van der Waals surface area (Å²) in [6.07, 6.45) is 5.09. The van der Waals surface area contributed by atoms with Crippen molar-refractivity contribution in [3.63, 3.8) is 0 Å². The van der Waals surface area contributed by atoms with E-state index in [4.69, 9.17) is 0 Å². The lowest BCUT2D eigenvalue weighted by Gasteiger charge is -2.27. The van der Waals surface area contributed by atoms with Crippen LogP contribution in [0.15, 0.2) is 0 Å². The van der Waals surface area contributed by atoms with Crippen LogP contribution in [0.5, 0.6) is 0 Å². The number of rotatable bonds is 6. The molecule has 1 aliphatic carbocycles. The van der Waals surface area contributed by atoms with Crippen molar-refractivity contribution < 1.29 is 4.79 Å². The van der Waals surface area contributed by atoms with Crippen molar-refractivity contribution in [3.05, 3.63) is 0 Å². The number of nitrogens with zero attached hydrogens (tertiary/aromatic N) is 2. The second-order valence-electron chi connectivity index (χ2n) is 5.77. The van der Waals surface area contributed by atoms with E-state index in [1.807, 2.05) is 19.0 Å². The van der Waals surface area contributed by atoms with Crippen molar-refractivity contribution in [2.45, 2.75) is 31.7 Å². The zero-order chi connectivity index (χ0) is 12.3. The monoisotopic (exact) mass is 239 g/mol. The first-order chi connectivity index (χ1) is 8.15. The van der Waals surface area contributed by atoms with Crippen molar-refractivity contribution in [2.75, 3.05) is 40.3 Å². The van der Waals surface area contributed by atoms with Gasteiger partial charge in [0.15, 0.2) is 0 Å². The van der Waals surface area contributed by atoms with Crippen molar-refractivity contribution >= 4 is 5.91 Å². The second kappa shape index (κ2) is 5.83. The Hall–Kier alpha value is -0.610. The molecule has 98 valence electrons. The van der Waals surface area contributed by atoms with Crippen LogP contribution in [0.4, 0.5) is 0 Å². The fourth-order valence-corrected chi connectivity index (χ4v) is 2.44. The molecule has 0 aromatic heterocycles. The van der Waals surface area contributed by atoms with Crippen LogP contribution in [0.25, 0.3) is 0 Å². The Kier molecular flexibility index (Phi) is 4.40. The standard InChI is InChI=1S/C13H25N3O/c1-15(2)10-13(17)16(8-11-5-6-11)9-12-4-3-7-14-12/h11-12,14H,3-10H2,1-2H3. The molecule has 0 aromatic carbocycles. The summed E-state index contributed by atoms with van der Waals surface area (Å²) in [5.41, 5.74) is 0. The topological polar surface area (TPSA) is 35.6 Å². The molecule has 2 aliphatic rings. The van der Waals surface area contributed by atoms with Crippen molar-refractivity contribution in [1.29, 1.82) is 0 Å². The summed E-state index contributed by atoms with van der Waals surface area (Å²) in [6, 6.07) is 0.528. The lowest BCUT2D eigenvalue weighted by atomic mass is 10.2. The number of carbonyl (C=O) groups is 1. The molecule has 1 amide bonds. The number of amides is 1. The molecule has 1 aliphatic heterocycles. The SMILES string of the molecule is CN(C)CC(=O)N(CC1CC1)CC1CCCN1. The molecule has 0 spiro atoms. The van der Waals surface area contributed by atoms with Crippen LogP contribution >= 0.6 is 0 Å². The molecule has 2 rings (SSSR count). The van der Waals surface area contributed by atoms with Gasteiger partial charge in [-0.15, -0.1) is 0 Å².